The van der Waals surface area contributed by atoms with Crippen LogP contribution in [0.1, 0.15) is 167 Å². The van der Waals surface area contributed by atoms with Gasteiger partial charge in [0.05, 0.1) is 39.6 Å². The number of nitrogens with one attached hydrogen (secondary N) is 8. The predicted octanol–water partition coefficient (Wildman–Crippen LogP) is 1.30. The average Bonchev–Trinajstić information content (AvgIpc) is 3.42. The standard InChI is InChI=1S/C53H97N9O18/c1-2-3-4-5-6-7-8-9-10-11-12-13-14-15-16-20-47(66)60-42(52(72)73)22-25-46(65)58-30-32-77-34-37-80-39-49(68)59-31-33-78-35-36-79-38-48(67)55-27-18-17-19-41(62-76)50(69)61-43(53(74)75)23-26-45(64)57-29-28-56-44(63)24-21-40(54)51(70)71/h40-43,62,76H,2-39,54H2,1H3,(H,55,67)(H,56,63)(H,57,64)(H,58,65)(H,59,68)(H,60,66)(H,61,69)(H,70,71)(H,72,73)(H,74,75). The fourth-order valence-electron chi connectivity index (χ4n) is 7.69. The van der Waals surface area contributed by atoms with E-state index in [1.807, 2.05) is 5.48 Å². The summed E-state index contributed by atoms with van der Waals surface area (Å²) in [5.41, 5.74) is 7.19. The van der Waals surface area contributed by atoms with E-state index in [0.29, 0.717) is 19.3 Å². The van der Waals surface area contributed by atoms with E-state index in [1.54, 1.807) is 0 Å². The molecule has 0 aliphatic heterocycles. The number of ether oxygens (including phenoxy) is 4. The molecule has 0 aromatic carbocycles. The van der Waals surface area contributed by atoms with Crippen LogP contribution in [0, 0.1) is 0 Å². The number of carboxylic acids is 3. The number of hydrogen-bond donors (Lipinski definition) is 13. The molecule has 27 nitrogen and oxygen atoms in total. The molecule has 0 saturated carbocycles. The Morgan fingerprint density at radius 3 is 1.23 bits per heavy atom. The molecular weight excluding hydrogens is 1050 g/mol. The third kappa shape index (κ3) is 46.2. The first-order chi connectivity index (χ1) is 38.5. The highest BCUT2D eigenvalue weighted by molar-refractivity contribution is 5.87. The smallest absolute Gasteiger partial charge is 0.326 e. The van der Waals surface area contributed by atoms with Gasteiger partial charge in [-0.3, -0.25) is 38.4 Å². The zero-order chi connectivity index (χ0) is 59.4. The zero-order valence-corrected chi connectivity index (χ0v) is 47.3. The summed E-state index contributed by atoms with van der Waals surface area (Å²) >= 11 is 0. The summed E-state index contributed by atoms with van der Waals surface area (Å²) in [4.78, 5) is 119. The van der Waals surface area contributed by atoms with Crippen LogP contribution in [0.2, 0.25) is 0 Å². The van der Waals surface area contributed by atoms with E-state index >= 15 is 0 Å². The van der Waals surface area contributed by atoms with E-state index in [4.69, 9.17) is 29.8 Å². The topological polar surface area (TPSA) is 411 Å². The number of carbonyl (C=O) groups excluding carboxylic acids is 7. The van der Waals surface area contributed by atoms with E-state index in [1.165, 1.54) is 70.6 Å². The first-order valence-electron chi connectivity index (χ1n) is 28.6. The summed E-state index contributed by atoms with van der Waals surface area (Å²) in [5.74, 6) is -7.09. The van der Waals surface area contributed by atoms with Crippen molar-refractivity contribution < 1.29 is 87.4 Å². The van der Waals surface area contributed by atoms with Gasteiger partial charge in [0.2, 0.25) is 41.4 Å². The molecule has 80 heavy (non-hydrogen) atoms. The van der Waals surface area contributed by atoms with E-state index in [2.05, 4.69) is 44.1 Å². The van der Waals surface area contributed by atoms with Crippen LogP contribution in [0.5, 0.6) is 0 Å². The normalized spacial score (nSPS) is 12.5. The SMILES string of the molecule is CCCCCCCCCCCCCCCCCC(=O)NC(CCC(=O)NCCOCCOCC(=O)NCCOCCOCC(=O)NCCCCC(NO)C(=O)NC(CCC(=O)NCCNC(=O)CCC(N)C(=O)O)C(=O)O)C(=O)O. The van der Waals surface area contributed by atoms with Crippen molar-refractivity contribution in [3.63, 3.8) is 0 Å². The van der Waals surface area contributed by atoms with Gasteiger partial charge in [0, 0.05) is 58.4 Å². The van der Waals surface area contributed by atoms with Gasteiger partial charge in [0.25, 0.3) is 0 Å². The molecule has 0 aromatic heterocycles. The molecule has 14 N–H and O–H groups in total. The molecule has 462 valence electrons. The summed E-state index contributed by atoms with van der Waals surface area (Å²) in [6.45, 7) is 3.36. The van der Waals surface area contributed by atoms with E-state index < -0.39 is 65.7 Å². The third-order valence-electron chi connectivity index (χ3n) is 12.4. The number of carboxylic acid groups (broad SMARTS) is 3. The number of amides is 7. The molecule has 0 aliphatic rings. The van der Waals surface area contributed by atoms with Crippen molar-refractivity contribution in [3.05, 3.63) is 0 Å². The molecule has 0 bridgehead atoms. The van der Waals surface area contributed by atoms with Crippen molar-refractivity contribution in [2.45, 2.75) is 192 Å². The Balaban J connectivity index is 3.88. The minimum absolute atomic E-state index is 0.0204. The lowest BCUT2D eigenvalue weighted by Crippen LogP contribution is -2.49. The first kappa shape index (κ1) is 74.4. The van der Waals surface area contributed by atoms with Crippen molar-refractivity contribution in [2.24, 2.45) is 5.73 Å². The molecule has 7 amide bonds. The summed E-state index contributed by atoms with van der Waals surface area (Å²) in [7, 11) is 0. The van der Waals surface area contributed by atoms with Crippen LogP contribution < -0.4 is 48.4 Å². The van der Waals surface area contributed by atoms with Gasteiger partial charge < -0.3 is 82.4 Å². The van der Waals surface area contributed by atoms with Crippen molar-refractivity contribution >= 4 is 59.3 Å². The number of hydrogen-bond acceptors (Lipinski definition) is 17. The quantitative estimate of drug-likeness (QED) is 0.0301. The molecule has 27 heteroatoms. The Kier molecular flexibility index (Phi) is 48.0. The van der Waals surface area contributed by atoms with Crippen LogP contribution in [-0.4, -0.2) is 190 Å². The molecule has 0 saturated heterocycles. The lowest BCUT2D eigenvalue weighted by molar-refractivity contribution is -0.143. The summed E-state index contributed by atoms with van der Waals surface area (Å²) in [6, 6.07) is -4.93. The van der Waals surface area contributed by atoms with E-state index in [0.717, 1.165) is 19.3 Å². The van der Waals surface area contributed by atoms with Crippen LogP contribution in [-0.2, 0) is 66.9 Å². The number of rotatable bonds is 56. The van der Waals surface area contributed by atoms with Gasteiger partial charge >= 0.3 is 17.9 Å². The van der Waals surface area contributed by atoms with Crippen molar-refractivity contribution in [3.8, 4) is 0 Å². The van der Waals surface area contributed by atoms with Crippen LogP contribution in [0.15, 0.2) is 0 Å². The second kappa shape index (κ2) is 51.6. The first-order valence-corrected chi connectivity index (χ1v) is 28.6. The molecule has 0 rings (SSSR count). The van der Waals surface area contributed by atoms with Gasteiger partial charge in [-0.25, -0.2) is 9.59 Å². The number of carbonyl (C=O) groups is 10. The fourth-order valence-corrected chi connectivity index (χ4v) is 7.69. The molecule has 0 heterocycles. The van der Waals surface area contributed by atoms with Crippen molar-refractivity contribution in [1.82, 2.24) is 42.7 Å². The van der Waals surface area contributed by atoms with E-state index in [-0.39, 0.29) is 155 Å². The van der Waals surface area contributed by atoms with Crippen LogP contribution in [0.4, 0.5) is 0 Å². The van der Waals surface area contributed by atoms with Gasteiger partial charge in [0.15, 0.2) is 0 Å². The number of aliphatic carboxylic acids is 3. The fraction of sp³-hybridized carbons (Fsp3) is 0.811. The second-order valence-electron chi connectivity index (χ2n) is 19.4. The average molecular weight is 1150 g/mol. The molecule has 0 radical (unpaired) electrons. The number of nitrogens with two attached hydrogens (primary N) is 1. The summed E-state index contributed by atoms with van der Waals surface area (Å²) in [5, 5.41) is 55.1. The predicted molar refractivity (Wildman–Crippen MR) is 293 cm³/mol. The van der Waals surface area contributed by atoms with Crippen LogP contribution in [0.3, 0.4) is 0 Å². The maximum atomic E-state index is 12.6. The third-order valence-corrected chi connectivity index (χ3v) is 12.4. The van der Waals surface area contributed by atoms with Gasteiger partial charge in [-0.2, -0.15) is 5.48 Å². The Morgan fingerprint density at radius 2 is 0.775 bits per heavy atom. The maximum absolute atomic E-state index is 12.6. The van der Waals surface area contributed by atoms with Gasteiger partial charge in [-0.05, 0) is 44.9 Å². The van der Waals surface area contributed by atoms with Crippen LogP contribution >= 0.6 is 0 Å². The summed E-state index contributed by atoms with van der Waals surface area (Å²) in [6.07, 6.45) is 18.5. The molecular formula is C53H97N9O18. The Morgan fingerprint density at radius 1 is 0.375 bits per heavy atom. The van der Waals surface area contributed by atoms with E-state index in [9.17, 15) is 63.4 Å². The Hall–Kier alpha value is -5.58. The monoisotopic (exact) mass is 1150 g/mol. The molecule has 4 unspecified atom stereocenters. The summed E-state index contributed by atoms with van der Waals surface area (Å²) < 4.78 is 21.4. The molecule has 0 aliphatic carbocycles. The Labute approximate surface area is 471 Å². The zero-order valence-electron chi connectivity index (χ0n) is 47.3. The minimum Gasteiger partial charge on any atom is -0.480 e. The lowest BCUT2D eigenvalue weighted by Gasteiger charge is -2.19. The van der Waals surface area contributed by atoms with Gasteiger partial charge in [-0.1, -0.05) is 96.8 Å². The molecule has 0 fully saturated rings. The minimum atomic E-state index is -1.44. The van der Waals surface area contributed by atoms with Crippen molar-refractivity contribution in [2.75, 3.05) is 85.6 Å². The highest BCUT2D eigenvalue weighted by Gasteiger charge is 2.26. The molecule has 4 atom stereocenters. The van der Waals surface area contributed by atoms with Crippen molar-refractivity contribution in [1.29, 1.82) is 0 Å². The van der Waals surface area contributed by atoms with Crippen LogP contribution in [0.25, 0.3) is 0 Å². The number of hydroxylamine groups is 1. The number of unbranched alkanes of at least 4 members (excludes halogenated alkanes) is 15. The van der Waals surface area contributed by atoms with Gasteiger partial charge in [0.1, 0.15) is 37.4 Å². The highest BCUT2D eigenvalue weighted by Crippen LogP contribution is 2.14. The largest absolute Gasteiger partial charge is 0.480 e. The molecule has 0 spiro atoms. The lowest BCUT2D eigenvalue weighted by atomic mass is 10.0. The molecule has 0 aromatic rings. The highest BCUT2D eigenvalue weighted by atomic mass is 16.5. The maximum Gasteiger partial charge on any atom is 0.326 e. The van der Waals surface area contributed by atoms with Gasteiger partial charge in [-0.15, -0.1) is 0 Å². The Bertz CT molecular complexity index is 1750. The second-order valence-corrected chi connectivity index (χ2v) is 19.4.